The molecule has 1 aliphatic rings. The Labute approximate surface area is 232 Å². The summed E-state index contributed by atoms with van der Waals surface area (Å²) in [6.07, 6.45) is 0. The minimum absolute atomic E-state index is 0. The van der Waals surface area contributed by atoms with Crippen LogP contribution in [0.1, 0.15) is 31.1 Å². The van der Waals surface area contributed by atoms with E-state index in [2.05, 4.69) is 35.9 Å². The number of ether oxygens (including phenoxy) is 1. The first-order valence-electron chi connectivity index (χ1n) is 12.3. The molecule has 1 fully saturated rings. The first kappa shape index (κ1) is 30.3. The van der Waals surface area contributed by atoms with E-state index < -0.39 is 0 Å². The van der Waals surface area contributed by atoms with E-state index in [1.165, 1.54) is 0 Å². The number of amides is 1. The Bertz CT molecular complexity index is 1110. The summed E-state index contributed by atoms with van der Waals surface area (Å²) in [6, 6.07) is 24.7. The van der Waals surface area contributed by atoms with Crippen molar-refractivity contribution in [2.24, 2.45) is 5.92 Å². The van der Waals surface area contributed by atoms with Crippen LogP contribution in [0.15, 0.2) is 78.9 Å². The fourth-order valence-corrected chi connectivity index (χ4v) is 4.51. The first-order valence-corrected chi connectivity index (χ1v) is 12.3. The Balaban J connectivity index is 0.00000241. The van der Waals surface area contributed by atoms with Gasteiger partial charge in [-0.1, -0.05) is 38.1 Å². The van der Waals surface area contributed by atoms with Gasteiger partial charge in [0.05, 0.1) is 0 Å². The quantitative estimate of drug-likeness (QED) is 0.363. The van der Waals surface area contributed by atoms with Gasteiger partial charge in [0.2, 0.25) is 0 Å². The molecule has 0 bridgehead atoms. The molecule has 0 aromatic heterocycles. The Morgan fingerprint density at radius 2 is 1.65 bits per heavy atom. The highest BCUT2D eigenvalue weighted by Gasteiger charge is 2.27. The van der Waals surface area contributed by atoms with Crippen molar-refractivity contribution < 1.29 is 14.6 Å². The molecule has 6 nitrogen and oxygen atoms in total. The fourth-order valence-electron chi connectivity index (χ4n) is 4.51. The maximum atomic E-state index is 13.0. The van der Waals surface area contributed by atoms with Crippen LogP contribution >= 0.6 is 24.8 Å². The van der Waals surface area contributed by atoms with Gasteiger partial charge in [-0.2, -0.15) is 0 Å². The van der Waals surface area contributed by atoms with Crippen molar-refractivity contribution in [1.82, 2.24) is 10.2 Å². The summed E-state index contributed by atoms with van der Waals surface area (Å²) in [5.74, 6) is 1.99. The SMILES string of the molecule is CC(C)[C@@H](CN1CCN(c2cccc(O)c2)[C@@H](C)C1)NC(=O)c1ccc(Oc2ccccc2)cc1.Cl.Cl. The summed E-state index contributed by atoms with van der Waals surface area (Å²) in [4.78, 5) is 17.8. The van der Waals surface area contributed by atoms with Gasteiger partial charge in [0.25, 0.3) is 5.91 Å². The van der Waals surface area contributed by atoms with E-state index in [-0.39, 0.29) is 36.8 Å². The Kier molecular flexibility index (Phi) is 11.6. The number of carbonyl (C=O) groups excluding carboxylic acids is 1. The fraction of sp³-hybridized carbons (Fsp3) is 0.345. The van der Waals surface area contributed by atoms with Gasteiger partial charge >= 0.3 is 0 Å². The molecule has 200 valence electrons. The summed E-state index contributed by atoms with van der Waals surface area (Å²) < 4.78 is 5.83. The normalized spacial score (nSPS) is 16.3. The second kappa shape index (κ2) is 14.1. The molecule has 1 heterocycles. The predicted molar refractivity (Wildman–Crippen MR) is 155 cm³/mol. The number of carbonyl (C=O) groups is 1. The number of nitrogens with one attached hydrogen (secondary N) is 1. The lowest BCUT2D eigenvalue weighted by atomic mass is 10.0. The molecule has 1 saturated heterocycles. The van der Waals surface area contributed by atoms with Crippen LogP contribution in [0.25, 0.3) is 0 Å². The van der Waals surface area contributed by atoms with E-state index in [1.807, 2.05) is 60.7 Å². The van der Waals surface area contributed by atoms with E-state index in [1.54, 1.807) is 18.2 Å². The van der Waals surface area contributed by atoms with Gasteiger partial charge in [0.15, 0.2) is 0 Å². The molecule has 37 heavy (non-hydrogen) atoms. The zero-order valence-electron chi connectivity index (χ0n) is 21.5. The molecule has 3 aromatic carbocycles. The lowest BCUT2D eigenvalue weighted by Gasteiger charge is -2.42. The number of hydrogen-bond acceptors (Lipinski definition) is 5. The molecule has 1 aliphatic heterocycles. The number of rotatable bonds is 8. The molecular formula is C29H37Cl2N3O3. The topological polar surface area (TPSA) is 65.0 Å². The third-order valence-corrected chi connectivity index (χ3v) is 6.54. The van der Waals surface area contributed by atoms with Crippen LogP contribution in [0.4, 0.5) is 5.69 Å². The average molecular weight is 547 g/mol. The average Bonchev–Trinajstić information content (AvgIpc) is 2.84. The minimum Gasteiger partial charge on any atom is -0.508 e. The van der Waals surface area contributed by atoms with Crippen LogP contribution in [0.3, 0.4) is 0 Å². The lowest BCUT2D eigenvalue weighted by Crippen LogP contribution is -2.56. The van der Waals surface area contributed by atoms with Crippen LogP contribution in [0.2, 0.25) is 0 Å². The highest BCUT2D eigenvalue weighted by molar-refractivity contribution is 5.94. The molecule has 0 aliphatic carbocycles. The number of nitrogens with zero attached hydrogens (tertiary/aromatic N) is 2. The van der Waals surface area contributed by atoms with Crippen LogP contribution in [-0.2, 0) is 0 Å². The summed E-state index contributed by atoms with van der Waals surface area (Å²) in [7, 11) is 0. The van der Waals surface area contributed by atoms with E-state index in [4.69, 9.17) is 4.74 Å². The maximum absolute atomic E-state index is 13.0. The molecule has 0 spiro atoms. The van der Waals surface area contributed by atoms with Crippen molar-refractivity contribution in [3.8, 4) is 17.2 Å². The minimum atomic E-state index is -0.0681. The number of phenolic OH excluding ortho intramolecular Hbond substituents is 1. The highest BCUT2D eigenvalue weighted by atomic mass is 35.5. The Morgan fingerprint density at radius 3 is 2.27 bits per heavy atom. The predicted octanol–water partition coefficient (Wildman–Crippen LogP) is 5.99. The van der Waals surface area contributed by atoms with Gasteiger partial charge in [0, 0.05) is 55.6 Å². The van der Waals surface area contributed by atoms with Crippen molar-refractivity contribution in [3.05, 3.63) is 84.4 Å². The van der Waals surface area contributed by atoms with Crippen molar-refractivity contribution in [1.29, 1.82) is 0 Å². The maximum Gasteiger partial charge on any atom is 0.251 e. The first-order chi connectivity index (χ1) is 16.9. The molecule has 2 N–H and O–H groups in total. The Morgan fingerprint density at radius 1 is 0.973 bits per heavy atom. The van der Waals surface area contributed by atoms with Crippen molar-refractivity contribution in [2.75, 3.05) is 31.1 Å². The zero-order valence-corrected chi connectivity index (χ0v) is 23.2. The second-order valence-electron chi connectivity index (χ2n) is 9.59. The number of aromatic hydroxyl groups is 1. The summed E-state index contributed by atoms with van der Waals surface area (Å²) >= 11 is 0. The number of benzene rings is 3. The molecule has 3 aromatic rings. The van der Waals surface area contributed by atoms with E-state index in [9.17, 15) is 9.90 Å². The molecule has 0 radical (unpaired) electrons. The standard InChI is InChI=1S/C29H35N3O3.2ClH/c1-21(2)28(20-31-16-17-32(22(3)19-31)24-8-7-9-25(33)18-24)30-29(34)23-12-14-27(15-13-23)35-26-10-5-4-6-11-26;;/h4-15,18,21-22,28,33H,16-17,19-20H2,1-3H3,(H,30,34);2*1H/t22-,28+;;/m0../s1. The number of halogens is 2. The van der Waals surface area contributed by atoms with E-state index >= 15 is 0 Å². The summed E-state index contributed by atoms with van der Waals surface area (Å²) in [5, 5.41) is 13.1. The highest BCUT2D eigenvalue weighted by Crippen LogP contribution is 2.25. The second-order valence-corrected chi connectivity index (χ2v) is 9.59. The molecule has 0 unspecified atom stereocenters. The van der Waals surface area contributed by atoms with Gasteiger partial charge < -0.3 is 20.1 Å². The van der Waals surface area contributed by atoms with Gasteiger partial charge in [-0.05, 0) is 61.4 Å². The monoisotopic (exact) mass is 545 g/mol. The van der Waals surface area contributed by atoms with E-state index in [0.717, 1.165) is 37.6 Å². The van der Waals surface area contributed by atoms with Gasteiger partial charge in [-0.15, -0.1) is 24.8 Å². The van der Waals surface area contributed by atoms with Crippen molar-refractivity contribution in [3.63, 3.8) is 0 Å². The number of anilines is 1. The number of piperazine rings is 1. The van der Waals surface area contributed by atoms with Gasteiger partial charge in [-0.3, -0.25) is 9.69 Å². The molecule has 0 saturated carbocycles. The third kappa shape index (κ3) is 8.29. The van der Waals surface area contributed by atoms with Gasteiger partial charge in [0.1, 0.15) is 17.2 Å². The van der Waals surface area contributed by atoms with Crippen LogP contribution in [-0.4, -0.2) is 54.2 Å². The smallest absolute Gasteiger partial charge is 0.251 e. The number of phenols is 1. The third-order valence-electron chi connectivity index (χ3n) is 6.54. The van der Waals surface area contributed by atoms with Crippen LogP contribution < -0.4 is 15.0 Å². The van der Waals surface area contributed by atoms with Crippen LogP contribution in [0.5, 0.6) is 17.2 Å². The zero-order chi connectivity index (χ0) is 24.8. The number of hydrogen-bond donors (Lipinski definition) is 2. The summed E-state index contributed by atoms with van der Waals surface area (Å²) in [6.45, 7) is 9.99. The van der Waals surface area contributed by atoms with Crippen molar-refractivity contribution in [2.45, 2.75) is 32.9 Å². The molecular weight excluding hydrogens is 509 g/mol. The molecule has 4 rings (SSSR count). The Hall–Kier alpha value is -2.93. The largest absolute Gasteiger partial charge is 0.508 e. The molecule has 8 heteroatoms. The van der Waals surface area contributed by atoms with Gasteiger partial charge in [-0.25, -0.2) is 0 Å². The lowest BCUT2D eigenvalue weighted by molar-refractivity contribution is 0.0903. The summed E-state index contributed by atoms with van der Waals surface area (Å²) in [5.41, 5.74) is 1.67. The van der Waals surface area contributed by atoms with E-state index in [0.29, 0.717) is 29.0 Å². The van der Waals surface area contributed by atoms with Crippen LogP contribution in [0, 0.1) is 5.92 Å². The molecule has 1 amide bonds. The number of para-hydroxylation sites is 1. The molecule has 2 atom stereocenters. The van der Waals surface area contributed by atoms with Crippen molar-refractivity contribution >= 4 is 36.4 Å².